The van der Waals surface area contributed by atoms with Gasteiger partial charge in [0, 0.05) is 24.8 Å². The summed E-state index contributed by atoms with van der Waals surface area (Å²) in [6.07, 6.45) is 1.64. The van der Waals surface area contributed by atoms with Crippen molar-refractivity contribution in [3.63, 3.8) is 0 Å². The van der Waals surface area contributed by atoms with Gasteiger partial charge >= 0.3 is 0 Å². The van der Waals surface area contributed by atoms with Crippen LogP contribution in [-0.2, 0) is 4.74 Å². The number of hydrogen-bond donors (Lipinski definition) is 2. The van der Waals surface area contributed by atoms with Gasteiger partial charge in [0.05, 0.1) is 15.7 Å². The molecule has 1 heterocycles. The van der Waals surface area contributed by atoms with Gasteiger partial charge in [-0.1, -0.05) is 23.2 Å². The second kappa shape index (κ2) is 5.78. The number of nitrogens with one attached hydrogen (secondary N) is 1. The topological polar surface area (TPSA) is 64.4 Å². The largest absolute Gasteiger partial charge is 0.397 e. The molecule has 0 spiro atoms. The lowest BCUT2D eigenvalue weighted by atomic mass is 10.1. The molecule has 0 unspecified atom stereocenters. The Bertz CT molecular complexity index is 436. The Kier molecular flexibility index (Phi) is 4.32. The minimum Gasteiger partial charge on any atom is -0.397 e. The average molecular weight is 289 g/mol. The second-order valence-corrected chi connectivity index (χ2v) is 5.01. The first-order valence-corrected chi connectivity index (χ1v) is 6.46. The molecule has 1 aliphatic heterocycles. The number of nitrogens with two attached hydrogens (primary N) is 1. The molecule has 4 nitrogen and oxygen atoms in total. The van der Waals surface area contributed by atoms with Gasteiger partial charge in [0.1, 0.15) is 0 Å². The number of carbonyl (C=O) groups is 1. The zero-order valence-electron chi connectivity index (χ0n) is 9.71. The van der Waals surface area contributed by atoms with Gasteiger partial charge in [0.2, 0.25) is 0 Å². The molecule has 1 aliphatic rings. The lowest BCUT2D eigenvalue weighted by molar-refractivity contribution is 0.0696. The Morgan fingerprint density at radius 2 is 2.00 bits per heavy atom. The molecule has 0 saturated carbocycles. The maximum absolute atomic E-state index is 12.0. The molecular formula is C12H14Cl2N2O2. The fourth-order valence-electron chi connectivity index (χ4n) is 1.85. The number of halogens is 2. The van der Waals surface area contributed by atoms with Crippen LogP contribution in [0.3, 0.4) is 0 Å². The number of benzene rings is 1. The molecule has 0 radical (unpaired) electrons. The SMILES string of the molecule is Nc1cc(C(=O)NC2CCOCC2)cc(Cl)c1Cl. The third kappa shape index (κ3) is 3.07. The molecular weight excluding hydrogens is 275 g/mol. The summed E-state index contributed by atoms with van der Waals surface area (Å²) in [6.45, 7) is 1.35. The predicted octanol–water partition coefficient (Wildman–Crippen LogP) is 2.48. The quantitative estimate of drug-likeness (QED) is 0.822. The van der Waals surface area contributed by atoms with Crippen LogP contribution < -0.4 is 11.1 Å². The fraction of sp³-hybridized carbons (Fsp3) is 0.417. The van der Waals surface area contributed by atoms with Crippen molar-refractivity contribution in [3.8, 4) is 0 Å². The summed E-state index contributed by atoms with van der Waals surface area (Å²) in [4.78, 5) is 12.0. The Labute approximate surface area is 115 Å². The van der Waals surface area contributed by atoms with Crippen LogP contribution in [0.15, 0.2) is 12.1 Å². The van der Waals surface area contributed by atoms with Crippen LogP contribution in [0, 0.1) is 0 Å². The van der Waals surface area contributed by atoms with Crippen molar-refractivity contribution in [1.29, 1.82) is 0 Å². The minimum atomic E-state index is -0.188. The molecule has 0 aromatic heterocycles. The van der Waals surface area contributed by atoms with Crippen molar-refractivity contribution in [3.05, 3.63) is 27.7 Å². The van der Waals surface area contributed by atoms with Crippen molar-refractivity contribution in [1.82, 2.24) is 5.32 Å². The van der Waals surface area contributed by atoms with E-state index in [2.05, 4.69) is 5.32 Å². The predicted molar refractivity (Wildman–Crippen MR) is 72.2 cm³/mol. The maximum Gasteiger partial charge on any atom is 0.251 e. The summed E-state index contributed by atoms with van der Waals surface area (Å²) in [5, 5.41) is 3.50. The Morgan fingerprint density at radius 3 is 2.61 bits per heavy atom. The highest BCUT2D eigenvalue weighted by atomic mass is 35.5. The normalized spacial score (nSPS) is 16.6. The average Bonchev–Trinajstić information content (AvgIpc) is 2.36. The first kappa shape index (κ1) is 13.5. The highest BCUT2D eigenvalue weighted by Crippen LogP contribution is 2.29. The van der Waals surface area contributed by atoms with E-state index in [-0.39, 0.29) is 22.0 Å². The first-order valence-electron chi connectivity index (χ1n) is 5.71. The number of amides is 1. The molecule has 1 aromatic rings. The third-order valence-corrected chi connectivity index (χ3v) is 3.69. The molecule has 0 bridgehead atoms. The minimum absolute atomic E-state index is 0.141. The molecule has 18 heavy (non-hydrogen) atoms. The van der Waals surface area contributed by atoms with Gasteiger partial charge in [0.25, 0.3) is 5.91 Å². The molecule has 1 amide bonds. The van der Waals surface area contributed by atoms with Gasteiger partial charge in [-0.25, -0.2) is 0 Å². The second-order valence-electron chi connectivity index (χ2n) is 4.22. The van der Waals surface area contributed by atoms with Crippen LogP contribution in [0.1, 0.15) is 23.2 Å². The lowest BCUT2D eigenvalue weighted by Crippen LogP contribution is -2.38. The third-order valence-electron chi connectivity index (χ3n) is 2.88. The molecule has 3 N–H and O–H groups in total. The maximum atomic E-state index is 12.0. The van der Waals surface area contributed by atoms with Crippen LogP contribution in [0.5, 0.6) is 0 Å². The number of rotatable bonds is 2. The first-order chi connectivity index (χ1) is 8.58. The van der Waals surface area contributed by atoms with Gasteiger partial charge in [-0.15, -0.1) is 0 Å². The fourth-order valence-corrected chi connectivity index (χ4v) is 2.19. The molecule has 1 aromatic carbocycles. The van der Waals surface area contributed by atoms with Gasteiger partial charge in [-0.05, 0) is 25.0 Å². The van der Waals surface area contributed by atoms with E-state index >= 15 is 0 Å². The van der Waals surface area contributed by atoms with Gasteiger partial charge in [-0.3, -0.25) is 4.79 Å². The number of ether oxygens (including phenoxy) is 1. The van der Waals surface area contributed by atoms with Gasteiger partial charge < -0.3 is 15.8 Å². The molecule has 98 valence electrons. The van der Waals surface area contributed by atoms with E-state index < -0.39 is 0 Å². The van der Waals surface area contributed by atoms with E-state index in [0.29, 0.717) is 24.5 Å². The summed E-state index contributed by atoms with van der Waals surface area (Å²) in [5.41, 5.74) is 6.41. The monoisotopic (exact) mass is 288 g/mol. The highest BCUT2D eigenvalue weighted by molar-refractivity contribution is 6.43. The van der Waals surface area contributed by atoms with Crippen LogP contribution in [0.25, 0.3) is 0 Å². The number of anilines is 1. The molecule has 0 atom stereocenters. The summed E-state index contributed by atoms with van der Waals surface area (Å²) < 4.78 is 5.23. The zero-order chi connectivity index (χ0) is 13.1. The number of nitrogen functional groups attached to an aromatic ring is 1. The number of carbonyl (C=O) groups excluding carboxylic acids is 1. The van der Waals surface area contributed by atoms with Gasteiger partial charge in [0.15, 0.2) is 0 Å². The van der Waals surface area contributed by atoms with Crippen LogP contribution in [-0.4, -0.2) is 25.2 Å². The van der Waals surface area contributed by atoms with Gasteiger partial charge in [-0.2, -0.15) is 0 Å². The van der Waals surface area contributed by atoms with Crippen molar-refractivity contribution < 1.29 is 9.53 Å². The molecule has 1 saturated heterocycles. The van der Waals surface area contributed by atoms with E-state index in [4.69, 9.17) is 33.7 Å². The smallest absolute Gasteiger partial charge is 0.251 e. The van der Waals surface area contributed by atoms with Crippen LogP contribution >= 0.6 is 23.2 Å². The van der Waals surface area contributed by atoms with E-state index in [1.165, 1.54) is 12.1 Å². The molecule has 2 rings (SSSR count). The van der Waals surface area contributed by atoms with E-state index in [0.717, 1.165) is 12.8 Å². The summed E-state index contributed by atoms with van der Waals surface area (Å²) >= 11 is 11.7. The van der Waals surface area contributed by atoms with E-state index in [9.17, 15) is 4.79 Å². The Balaban J connectivity index is 2.08. The van der Waals surface area contributed by atoms with E-state index in [1.54, 1.807) is 0 Å². The van der Waals surface area contributed by atoms with E-state index in [1.807, 2.05) is 0 Å². The Hall–Kier alpha value is -0.970. The molecule has 6 heteroatoms. The zero-order valence-corrected chi connectivity index (χ0v) is 11.2. The number of hydrogen-bond acceptors (Lipinski definition) is 3. The van der Waals surface area contributed by atoms with Crippen molar-refractivity contribution in [2.24, 2.45) is 0 Å². The van der Waals surface area contributed by atoms with Crippen LogP contribution in [0.4, 0.5) is 5.69 Å². The Morgan fingerprint density at radius 1 is 1.33 bits per heavy atom. The standard InChI is InChI=1S/C12H14Cl2N2O2/c13-9-5-7(6-10(15)11(9)14)12(17)16-8-1-3-18-4-2-8/h5-6,8H,1-4,15H2,(H,16,17). The summed E-state index contributed by atoms with van der Waals surface area (Å²) in [6, 6.07) is 3.19. The highest BCUT2D eigenvalue weighted by Gasteiger charge is 2.18. The van der Waals surface area contributed by atoms with Crippen LogP contribution in [0.2, 0.25) is 10.0 Å². The van der Waals surface area contributed by atoms with Crippen molar-refractivity contribution >= 4 is 34.8 Å². The summed E-state index contributed by atoms with van der Waals surface area (Å²) in [5.74, 6) is -0.188. The molecule has 1 fully saturated rings. The lowest BCUT2D eigenvalue weighted by Gasteiger charge is -2.23. The molecule has 0 aliphatic carbocycles. The van der Waals surface area contributed by atoms with Crippen molar-refractivity contribution in [2.75, 3.05) is 18.9 Å². The van der Waals surface area contributed by atoms with Crippen molar-refractivity contribution in [2.45, 2.75) is 18.9 Å². The summed E-state index contributed by atoms with van der Waals surface area (Å²) in [7, 11) is 0.